The zero-order valence-electron chi connectivity index (χ0n) is 16.5. The molecule has 7 heteroatoms. The highest BCUT2D eigenvalue weighted by Crippen LogP contribution is 2.31. The minimum Gasteiger partial charge on any atom is -0.372 e. The Morgan fingerprint density at radius 3 is 2.72 bits per heavy atom. The summed E-state index contributed by atoms with van der Waals surface area (Å²) in [5.74, 6) is 1.29. The van der Waals surface area contributed by atoms with Crippen molar-refractivity contribution in [2.75, 3.05) is 43.4 Å². The van der Waals surface area contributed by atoms with E-state index >= 15 is 0 Å². The first kappa shape index (κ1) is 19.4. The Balaban J connectivity index is 1.40. The van der Waals surface area contributed by atoms with Crippen molar-refractivity contribution in [3.8, 4) is 0 Å². The van der Waals surface area contributed by atoms with Crippen molar-refractivity contribution in [1.29, 1.82) is 0 Å². The van der Waals surface area contributed by atoms with Crippen molar-refractivity contribution < 1.29 is 9.53 Å². The van der Waals surface area contributed by atoms with Crippen LogP contribution >= 0.6 is 0 Å². The predicted octanol–water partition coefficient (Wildman–Crippen LogP) is 2.36. The highest BCUT2D eigenvalue weighted by atomic mass is 16.5. The summed E-state index contributed by atoms with van der Waals surface area (Å²) >= 11 is 0. The third-order valence-corrected chi connectivity index (χ3v) is 5.65. The fourth-order valence-corrected chi connectivity index (χ4v) is 4.03. The Morgan fingerprint density at radius 1 is 1.17 bits per heavy atom. The van der Waals surface area contributed by atoms with Crippen LogP contribution in [-0.4, -0.2) is 59.2 Å². The average Bonchev–Trinajstić information content (AvgIpc) is 2.88. The fourth-order valence-electron chi connectivity index (χ4n) is 4.03. The van der Waals surface area contributed by atoms with Gasteiger partial charge in [0.2, 0.25) is 11.9 Å². The summed E-state index contributed by atoms with van der Waals surface area (Å²) in [6, 6.07) is 12.0. The molecule has 2 N–H and O–H groups in total. The smallest absolute Gasteiger partial charge is 0.225 e. The van der Waals surface area contributed by atoms with Gasteiger partial charge in [0.15, 0.2) is 0 Å². The zero-order valence-corrected chi connectivity index (χ0v) is 16.5. The van der Waals surface area contributed by atoms with Crippen LogP contribution in [0.15, 0.2) is 48.7 Å². The Bertz CT molecular complexity index is 863. The summed E-state index contributed by atoms with van der Waals surface area (Å²) in [7, 11) is 0. The number of rotatable bonds is 4. The van der Waals surface area contributed by atoms with Crippen LogP contribution in [0.25, 0.3) is 6.08 Å². The number of aromatic nitrogens is 2. The molecule has 7 nitrogen and oxygen atoms in total. The van der Waals surface area contributed by atoms with E-state index in [1.54, 1.807) is 6.20 Å². The topological polar surface area (TPSA) is 84.6 Å². The quantitative estimate of drug-likeness (QED) is 0.858. The van der Waals surface area contributed by atoms with Crippen LogP contribution in [0, 0.1) is 0 Å². The molecule has 1 aromatic carbocycles. The number of hydrogen-bond donors (Lipinski definition) is 1. The maximum atomic E-state index is 12.6. The van der Waals surface area contributed by atoms with Crippen LogP contribution in [0.4, 0.5) is 11.8 Å². The Labute approximate surface area is 171 Å². The second-order valence-electron chi connectivity index (χ2n) is 7.63. The van der Waals surface area contributed by atoms with Gasteiger partial charge in [0.25, 0.3) is 0 Å². The molecule has 1 spiro atoms. The monoisotopic (exact) mass is 393 g/mol. The standard InChI is InChI=1S/C22H27N5O2/c23-21-24-12-8-19(25-21)26-14-10-22(11-15-26)17-27(20(28)9-16-29-22)13-4-7-18-5-2-1-3-6-18/h1-8,12H,9-11,13-17H2,(H2,23,24,25). The number of nitrogens with two attached hydrogens (primary N) is 1. The number of carbonyl (C=O) groups excluding carboxylic acids is 1. The van der Waals surface area contributed by atoms with E-state index in [1.807, 2.05) is 29.2 Å². The zero-order chi connectivity index (χ0) is 20.1. The van der Waals surface area contributed by atoms with Crippen LogP contribution < -0.4 is 10.6 Å². The van der Waals surface area contributed by atoms with Gasteiger partial charge in [-0.05, 0) is 24.5 Å². The molecule has 1 aromatic heterocycles. The van der Waals surface area contributed by atoms with E-state index < -0.39 is 0 Å². The SMILES string of the molecule is Nc1nccc(N2CCC3(CC2)CN(CC=Cc2ccccc2)C(=O)CCO3)n1. The van der Waals surface area contributed by atoms with Crippen molar-refractivity contribution in [3.05, 3.63) is 54.2 Å². The summed E-state index contributed by atoms with van der Waals surface area (Å²) in [6.07, 6.45) is 7.95. The van der Waals surface area contributed by atoms with Gasteiger partial charge in [-0.15, -0.1) is 0 Å². The van der Waals surface area contributed by atoms with Crippen LogP contribution in [0.5, 0.6) is 0 Å². The highest BCUT2D eigenvalue weighted by molar-refractivity contribution is 5.77. The van der Waals surface area contributed by atoms with Crippen LogP contribution in [0.2, 0.25) is 0 Å². The third-order valence-electron chi connectivity index (χ3n) is 5.65. The molecule has 152 valence electrons. The minimum atomic E-state index is -0.290. The molecule has 4 rings (SSSR count). The first-order valence-corrected chi connectivity index (χ1v) is 10.1. The van der Waals surface area contributed by atoms with Gasteiger partial charge in [-0.2, -0.15) is 4.98 Å². The molecular formula is C22H27N5O2. The summed E-state index contributed by atoms with van der Waals surface area (Å²) in [5.41, 5.74) is 6.57. The van der Waals surface area contributed by atoms with Crippen LogP contribution in [0.1, 0.15) is 24.8 Å². The van der Waals surface area contributed by atoms with Gasteiger partial charge < -0.3 is 20.3 Å². The van der Waals surface area contributed by atoms with E-state index in [1.165, 1.54) is 0 Å². The lowest BCUT2D eigenvalue weighted by molar-refractivity contribution is -0.130. The summed E-state index contributed by atoms with van der Waals surface area (Å²) < 4.78 is 6.23. The van der Waals surface area contributed by atoms with E-state index in [0.717, 1.165) is 37.3 Å². The lowest BCUT2D eigenvalue weighted by atomic mass is 9.90. The van der Waals surface area contributed by atoms with Crippen LogP contribution in [-0.2, 0) is 9.53 Å². The molecular weight excluding hydrogens is 366 g/mol. The molecule has 0 saturated carbocycles. The largest absolute Gasteiger partial charge is 0.372 e. The molecule has 2 aliphatic rings. The molecule has 0 aliphatic carbocycles. The molecule has 1 amide bonds. The van der Waals surface area contributed by atoms with Gasteiger partial charge in [-0.3, -0.25) is 4.79 Å². The number of nitrogens with zero attached hydrogens (tertiary/aromatic N) is 4. The van der Waals surface area contributed by atoms with E-state index in [9.17, 15) is 4.79 Å². The fraction of sp³-hybridized carbons (Fsp3) is 0.409. The van der Waals surface area contributed by atoms with Gasteiger partial charge in [-0.25, -0.2) is 4.98 Å². The summed E-state index contributed by atoms with van der Waals surface area (Å²) in [5, 5.41) is 0. The predicted molar refractivity (Wildman–Crippen MR) is 113 cm³/mol. The second-order valence-corrected chi connectivity index (χ2v) is 7.63. The number of amides is 1. The molecule has 2 aromatic rings. The van der Waals surface area contributed by atoms with Gasteiger partial charge >= 0.3 is 0 Å². The van der Waals surface area contributed by atoms with Crippen molar-refractivity contribution in [2.24, 2.45) is 0 Å². The number of piperidine rings is 1. The Hall–Kier alpha value is -2.93. The van der Waals surface area contributed by atoms with Gasteiger partial charge in [0.05, 0.1) is 25.2 Å². The molecule has 2 saturated heterocycles. The maximum Gasteiger partial charge on any atom is 0.225 e. The lowest BCUT2D eigenvalue weighted by Gasteiger charge is -2.42. The van der Waals surface area contributed by atoms with Crippen molar-refractivity contribution in [3.63, 3.8) is 0 Å². The van der Waals surface area contributed by atoms with E-state index in [4.69, 9.17) is 10.5 Å². The van der Waals surface area contributed by atoms with E-state index in [2.05, 4.69) is 39.2 Å². The number of anilines is 2. The number of nitrogen functional groups attached to an aromatic ring is 1. The van der Waals surface area contributed by atoms with Crippen molar-refractivity contribution >= 4 is 23.7 Å². The summed E-state index contributed by atoms with van der Waals surface area (Å²) in [4.78, 5) is 25.0. The average molecular weight is 393 g/mol. The molecule has 0 atom stereocenters. The molecule has 0 radical (unpaired) electrons. The van der Waals surface area contributed by atoms with Gasteiger partial charge in [-0.1, -0.05) is 42.5 Å². The van der Waals surface area contributed by atoms with Gasteiger partial charge in [0, 0.05) is 25.8 Å². The second kappa shape index (κ2) is 8.61. The highest BCUT2D eigenvalue weighted by Gasteiger charge is 2.40. The maximum absolute atomic E-state index is 12.6. The van der Waals surface area contributed by atoms with Crippen LogP contribution in [0.3, 0.4) is 0 Å². The van der Waals surface area contributed by atoms with Gasteiger partial charge in [0.1, 0.15) is 5.82 Å². The number of benzene rings is 1. The Morgan fingerprint density at radius 2 is 1.97 bits per heavy atom. The first-order chi connectivity index (χ1) is 14.1. The Kier molecular flexibility index (Phi) is 5.76. The van der Waals surface area contributed by atoms with Crippen molar-refractivity contribution in [2.45, 2.75) is 24.9 Å². The molecule has 2 fully saturated rings. The molecule has 0 bridgehead atoms. The number of ether oxygens (including phenoxy) is 1. The summed E-state index contributed by atoms with van der Waals surface area (Å²) in [6.45, 7) is 3.35. The number of hydrogen-bond acceptors (Lipinski definition) is 6. The first-order valence-electron chi connectivity index (χ1n) is 10.1. The lowest BCUT2D eigenvalue weighted by Crippen LogP contribution is -2.52. The van der Waals surface area contributed by atoms with E-state index in [0.29, 0.717) is 26.1 Å². The molecule has 29 heavy (non-hydrogen) atoms. The molecule has 2 aliphatic heterocycles. The third kappa shape index (κ3) is 4.74. The normalized spacial score (nSPS) is 19.7. The molecule has 0 unspecified atom stereocenters. The van der Waals surface area contributed by atoms with Crippen molar-refractivity contribution in [1.82, 2.24) is 14.9 Å². The van der Waals surface area contributed by atoms with E-state index in [-0.39, 0.29) is 17.5 Å². The molecule has 3 heterocycles. The number of carbonyl (C=O) groups is 1. The minimum absolute atomic E-state index is 0.158.